The fourth-order valence-electron chi connectivity index (χ4n) is 2.79. The first-order valence-electron chi connectivity index (χ1n) is 7.82. The maximum atomic E-state index is 12.6. The lowest BCUT2D eigenvalue weighted by Gasteiger charge is -2.25. The van der Waals surface area contributed by atoms with Crippen LogP contribution in [-0.2, 0) is 17.8 Å². The number of aromatic nitrogens is 2. The maximum absolute atomic E-state index is 12.6. The van der Waals surface area contributed by atoms with Gasteiger partial charge in [-0.25, -0.2) is 4.98 Å². The topological polar surface area (TPSA) is 84.2 Å². The summed E-state index contributed by atoms with van der Waals surface area (Å²) in [5, 5.41) is 12.9. The molecule has 1 aliphatic heterocycles. The molecule has 2 aromatic rings. The molecule has 0 bridgehead atoms. The molecule has 24 heavy (non-hydrogen) atoms. The Balaban J connectivity index is 1.82. The fourth-order valence-corrected chi connectivity index (χ4v) is 3.91. The molecule has 0 saturated carbocycles. The standard InChI is InChI=1S/C17H19N3O3S/c1-3-14-10(2)18-17-20(16(14)23)8-11(9-24-17)15(22)19-12-5-4-6-13(21)7-12/h4-7,11,21H,3,8-9H2,1-2H3,(H,19,22). The van der Waals surface area contributed by atoms with Gasteiger partial charge in [0.1, 0.15) is 5.75 Å². The van der Waals surface area contributed by atoms with Crippen LogP contribution in [-0.4, -0.2) is 26.3 Å². The highest BCUT2D eigenvalue weighted by Crippen LogP contribution is 2.27. The summed E-state index contributed by atoms with van der Waals surface area (Å²) in [6, 6.07) is 6.42. The van der Waals surface area contributed by atoms with Gasteiger partial charge in [0, 0.05) is 35.3 Å². The normalized spacial score (nSPS) is 16.5. The van der Waals surface area contributed by atoms with Crippen molar-refractivity contribution in [3.05, 3.63) is 45.9 Å². The van der Waals surface area contributed by atoms with Gasteiger partial charge in [-0.15, -0.1) is 0 Å². The van der Waals surface area contributed by atoms with Crippen LogP contribution in [0.1, 0.15) is 18.2 Å². The molecule has 1 amide bonds. The predicted octanol–water partition coefficient (Wildman–Crippen LogP) is 2.18. The number of aromatic hydroxyl groups is 1. The number of phenolic OH excluding ortho intramolecular Hbond substituents is 1. The molecule has 1 aromatic heterocycles. The highest BCUT2D eigenvalue weighted by atomic mass is 32.2. The quantitative estimate of drug-likeness (QED) is 0.833. The van der Waals surface area contributed by atoms with Gasteiger partial charge in [-0.05, 0) is 25.5 Å². The summed E-state index contributed by atoms with van der Waals surface area (Å²) >= 11 is 1.43. The van der Waals surface area contributed by atoms with Gasteiger partial charge in [0.2, 0.25) is 5.91 Å². The number of rotatable bonds is 3. The second-order valence-electron chi connectivity index (χ2n) is 5.78. The van der Waals surface area contributed by atoms with E-state index >= 15 is 0 Å². The number of amides is 1. The maximum Gasteiger partial charge on any atom is 0.257 e. The molecule has 2 heterocycles. The summed E-state index contributed by atoms with van der Waals surface area (Å²) in [5.74, 6) is 0.183. The summed E-state index contributed by atoms with van der Waals surface area (Å²) in [6.07, 6.45) is 0.628. The highest BCUT2D eigenvalue weighted by molar-refractivity contribution is 7.99. The van der Waals surface area contributed by atoms with Crippen LogP contribution in [0.5, 0.6) is 5.75 Å². The first kappa shape index (κ1) is 16.6. The second kappa shape index (κ2) is 6.68. The molecule has 0 spiro atoms. The van der Waals surface area contributed by atoms with Gasteiger partial charge in [0.15, 0.2) is 5.16 Å². The van der Waals surface area contributed by atoms with Crippen LogP contribution >= 0.6 is 11.8 Å². The zero-order chi connectivity index (χ0) is 17.3. The largest absolute Gasteiger partial charge is 0.508 e. The number of nitrogens with zero attached hydrogens (tertiary/aromatic N) is 2. The lowest BCUT2D eigenvalue weighted by atomic mass is 10.1. The van der Waals surface area contributed by atoms with Gasteiger partial charge in [-0.1, -0.05) is 24.8 Å². The van der Waals surface area contributed by atoms with Crippen molar-refractivity contribution in [1.82, 2.24) is 9.55 Å². The molecule has 1 aliphatic rings. The first-order chi connectivity index (χ1) is 11.5. The van der Waals surface area contributed by atoms with Crippen molar-refractivity contribution in [2.75, 3.05) is 11.1 Å². The van der Waals surface area contributed by atoms with Crippen molar-refractivity contribution in [3.63, 3.8) is 0 Å². The number of hydrogen-bond acceptors (Lipinski definition) is 5. The van der Waals surface area contributed by atoms with E-state index in [1.807, 2.05) is 13.8 Å². The molecule has 3 rings (SSSR count). The average Bonchev–Trinajstić information content (AvgIpc) is 2.55. The molecular weight excluding hydrogens is 326 g/mol. The summed E-state index contributed by atoms with van der Waals surface area (Å²) in [4.78, 5) is 29.6. The molecule has 1 atom stereocenters. The Morgan fingerprint density at radius 3 is 3.00 bits per heavy atom. The van der Waals surface area contributed by atoms with Crippen LogP contribution in [0.3, 0.4) is 0 Å². The van der Waals surface area contributed by atoms with Gasteiger partial charge in [-0.3, -0.25) is 14.2 Å². The number of benzene rings is 1. The van der Waals surface area contributed by atoms with E-state index < -0.39 is 0 Å². The van der Waals surface area contributed by atoms with Crippen molar-refractivity contribution < 1.29 is 9.90 Å². The predicted molar refractivity (Wildman–Crippen MR) is 93.6 cm³/mol. The highest BCUT2D eigenvalue weighted by Gasteiger charge is 2.28. The van der Waals surface area contributed by atoms with Gasteiger partial charge in [-0.2, -0.15) is 0 Å². The van der Waals surface area contributed by atoms with Gasteiger partial charge >= 0.3 is 0 Å². The van der Waals surface area contributed by atoms with Crippen molar-refractivity contribution in [3.8, 4) is 5.75 Å². The van der Waals surface area contributed by atoms with E-state index in [-0.39, 0.29) is 23.1 Å². The minimum absolute atomic E-state index is 0.0534. The number of hydrogen-bond donors (Lipinski definition) is 2. The number of nitrogens with one attached hydrogen (secondary N) is 1. The smallest absolute Gasteiger partial charge is 0.257 e. The summed E-state index contributed by atoms with van der Waals surface area (Å²) in [7, 11) is 0. The minimum Gasteiger partial charge on any atom is -0.508 e. The third kappa shape index (κ3) is 3.17. The first-order valence-corrected chi connectivity index (χ1v) is 8.81. The summed E-state index contributed by atoms with van der Waals surface area (Å²) in [5.41, 5.74) is 1.96. The number of thioether (sulfide) groups is 1. The molecule has 6 nitrogen and oxygen atoms in total. The molecule has 1 unspecified atom stereocenters. The third-order valence-electron chi connectivity index (χ3n) is 4.09. The van der Waals surface area contributed by atoms with Gasteiger partial charge in [0.25, 0.3) is 5.56 Å². The Labute approximate surface area is 143 Å². The van der Waals surface area contributed by atoms with Crippen LogP contribution in [0.2, 0.25) is 0 Å². The Bertz CT molecular complexity index is 847. The number of aryl methyl sites for hydroxylation is 1. The molecule has 7 heteroatoms. The van der Waals surface area contributed by atoms with Crippen LogP contribution < -0.4 is 10.9 Å². The molecule has 0 saturated heterocycles. The Morgan fingerprint density at radius 1 is 1.50 bits per heavy atom. The van der Waals surface area contributed by atoms with Crippen molar-refractivity contribution in [2.24, 2.45) is 5.92 Å². The van der Waals surface area contributed by atoms with Crippen LogP contribution in [0.4, 0.5) is 5.69 Å². The number of carbonyl (C=O) groups excluding carboxylic acids is 1. The number of carbonyl (C=O) groups is 1. The number of anilines is 1. The SMILES string of the molecule is CCc1c(C)nc2n(c1=O)CC(C(=O)Nc1cccc(O)c1)CS2. The molecule has 0 fully saturated rings. The molecule has 0 radical (unpaired) electrons. The monoisotopic (exact) mass is 345 g/mol. The number of fused-ring (bicyclic) bond motifs is 1. The van der Waals surface area contributed by atoms with Crippen LogP contribution in [0.15, 0.2) is 34.2 Å². The van der Waals surface area contributed by atoms with E-state index in [9.17, 15) is 14.7 Å². The van der Waals surface area contributed by atoms with E-state index in [1.165, 1.54) is 17.8 Å². The van der Waals surface area contributed by atoms with Gasteiger partial charge < -0.3 is 10.4 Å². The Morgan fingerprint density at radius 2 is 2.29 bits per heavy atom. The van der Waals surface area contributed by atoms with Crippen molar-refractivity contribution in [1.29, 1.82) is 0 Å². The third-order valence-corrected chi connectivity index (χ3v) is 5.23. The molecule has 2 N–H and O–H groups in total. The summed E-state index contributed by atoms with van der Waals surface area (Å²) < 4.78 is 1.60. The zero-order valence-electron chi connectivity index (χ0n) is 13.6. The van der Waals surface area contributed by atoms with E-state index in [2.05, 4.69) is 10.3 Å². The molecular formula is C17H19N3O3S. The van der Waals surface area contributed by atoms with E-state index in [1.54, 1.807) is 22.8 Å². The molecule has 1 aromatic carbocycles. The minimum atomic E-state index is -0.322. The number of phenols is 1. The Kier molecular flexibility index (Phi) is 4.62. The van der Waals surface area contributed by atoms with Crippen molar-refractivity contribution in [2.45, 2.75) is 32.0 Å². The fraction of sp³-hybridized carbons (Fsp3) is 0.353. The van der Waals surface area contributed by atoms with Crippen LogP contribution in [0, 0.1) is 12.8 Å². The van der Waals surface area contributed by atoms with Crippen LogP contribution in [0.25, 0.3) is 0 Å². The van der Waals surface area contributed by atoms with Crippen molar-refractivity contribution >= 4 is 23.4 Å². The Hall–Kier alpha value is -2.28. The zero-order valence-corrected chi connectivity index (χ0v) is 14.4. The summed E-state index contributed by atoms with van der Waals surface area (Å²) in [6.45, 7) is 4.11. The molecule has 0 aliphatic carbocycles. The van der Waals surface area contributed by atoms with E-state index in [0.717, 1.165) is 5.69 Å². The lowest BCUT2D eigenvalue weighted by molar-refractivity contribution is -0.119. The molecule has 126 valence electrons. The van der Waals surface area contributed by atoms with E-state index in [4.69, 9.17) is 0 Å². The average molecular weight is 345 g/mol. The van der Waals surface area contributed by atoms with Gasteiger partial charge in [0.05, 0.1) is 5.92 Å². The second-order valence-corrected chi connectivity index (χ2v) is 6.76. The lowest BCUT2D eigenvalue weighted by Crippen LogP contribution is -2.38. The van der Waals surface area contributed by atoms with E-state index in [0.29, 0.717) is 35.1 Å².